The van der Waals surface area contributed by atoms with E-state index in [0.29, 0.717) is 6.04 Å². The van der Waals surface area contributed by atoms with Gasteiger partial charge in [-0.2, -0.15) is 0 Å². The fraction of sp³-hybridized carbons (Fsp3) is 0.889. The van der Waals surface area contributed by atoms with E-state index < -0.39 is 0 Å². The van der Waals surface area contributed by atoms with E-state index in [-0.39, 0.29) is 0 Å². The van der Waals surface area contributed by atoms with Crippen LogP contribution in [-0.2, 0) is 0 Å². The van der Waals surface area contributed by atoms with Crippen LogP contribution in [0.4, 0.5) is 0 Å². The Morgan fingerprint density at radius 1 is 1.64 bits per heavy atom. The number of nitrogens with zero attached hydrogens (tertiary/aromatic N) is 1. The molecule has 1 aliphatic heterocycles. The highest BCUT2D eigenvalue weighted by Gasteiger charge is 2.18. The van der Waals surface area contributed by atoms with Gasteiger partial charge >= 0.3 is 0 Å². The summed E-state index contributed by atoms with van der Waals surface area (Å²) < 4.78 is 0. The van der Waals surface area contributed by atoms with Crippen LogP contribution in [0.5, 0.6) is 0 Å². The molecule has 1 unspecified atom stereocenters. The Balaban J connectivity index is 2.31. The van der Waals surface area contributed by atoms with Crippen LogP contribution < -0.4 is 5.32 Å². The van der Waals surface area contributed by atoms with Gasteiger partial charge in [0.05, 0.1) is 0 Å². The zero-order chi connectivity index (χ0) is 8.10. The first-order valence-electron chi connectivity index (χ1n) is 4.62. The average Bonchev–Trinajstić information content (AvgIpc) is 2.06. The van der Waals surface area contributed by atoms with Gasteiger partial charge in [0.2, 0.25) is 0 Å². The zero-order valence-electron chi connectivity index (χ0n) is 7.47. The molecule has 0 amide bonds. The lowest BCUT2D eigenvalue weighted by Gasteiger charge is -2.35. The topological polar surface area (TPSA) is 15.3 Å². The van der Waals surface area contributed by atoms with E-state index in [1.165, 1.54) is 19.5 Å². The molecule has 1 saturated heterocycles. The normalized spacial score (nSPS) is 27.3. The Morgan fingerprint density at radius 3 is 3.09 bits per heavy atom. The Hall–Kier alpha value is -0.0800. The van der Waals surface area contributed by atoms with Gasteiger partial charge < -0.3 is 5.32 Å². The molecule has 1 radical (unpaired) electrons. The van der Waals surface area contributed by atoms with E-state index in [0.717, 1.165) is 19.5 Å². The molecule has 11 heavy (non-hydrogen) atoms. The summed E-state index contributed by atoms with van der Waals surface area (Å²) >= 11 is 0. The van der Waals surface area contributed by atoms with Gasteiger partial charge in [0.25, 0.3) is 0 Å². The fourth-order valence-electron chi connectivity index (χ4n) is 1.67. The third kappa shape index (κ3) is 2.46. The van der Waals surface area contributed by atoms with Crippen molar-refractivity contribution in [2.45, 2.75) is 25.8 Å². The second-order valence-corrected chi connectivity index (χ2v) is 3.18. The molecule has 2 nitrogen and oxygen atoms in total. The van der Waals surface area contributed by atoms with Crippen LogP contribution in [0.15, 0.2) is 0 Å². The lowest BCUT2D eigenvalue weighted by Crippen LogP contribution is -2.51. The van der Waals surface area contributed by atoms with Crippen molar-refractivity contribution in [3.05, 3.63) is 6.92 Å². The van der Waals surface area contributed by atoms with Crippen molar-refractivity contribution in [1.29, 1.82) is 0 Å². The predicted molar refractivity (Wildman–Crippen MR) is 48.5 cm³/mol. The summed E-state index contributed by atoms with van der Waals surface area (Å²) in [4.78, 5) is 2.55. The van der Waals surface area contributed by atoms with E-state index in [1.54, 1.807) is 0 Å². The Kier molecular flexibility index (Phi) is 3.87. The van der Waals surface area contributed by atoms with Crippen molar-refractivity contribution < 1.29 is 0 Å². The van der Waals surface area contributed by atoms with E-state index in [4.69, 9.17) is 0 Å². The van der Waals surface area contributed by atoms with Crippen LogP contribution >= 0.6 is 0 Å². The van der Waals surface area contributed by atoms with Crippen LogP contribution in [0, 0.1) is 6.92 Å². The van der Waals surface area contributed by atoms with Crippen molar-refractivity contribution in [2.24, 2.45) is 0 Å². The quantitative estimate of drug-likeness (QED) is 0.651. The van der Waals surface area contributed by atoms with E-state index in [9.17, 15) is 0 Å². The van der Waals surface area contributed by atoms with Gasteiger partial charge in [-0.05, 0) is 19.4 Å². The minimum Gasteiger partial charge on any atom is -0.314 e. The van der Waals surface area contributed by atoms with Crippen molar-refractivity contribution in [2.75, 3.05) is 26.2 Å². The molecule has 1 rings (SSSR count). The largest absolute Gasteiger partial charge is 0.314 e. The van der Waals surface area contributed by atoms with E-state index >= 15 is 0 Å². The summed E-state index contributed by atoms with van der Waals surface area (Å²) in [5.74, 6) is 0. The SMILES string of the molecule is [CH2]CC1CNCCN1CCC. The predicted octanol–water partition coefficient (Wildman–Crippen LogP) is 0.894. The number of nitrogens with one attached hydrogen (secondary N) is 1. The fourth-order valence-corrected chi connectivity index (χ4v) is 1.67. The Labute approximate surface area is 70.0 Å². The molecule has 1 atom stereocenters. The maximum Gasteiger partial charge on any atom is 0.0221 e. The minimum atomic E-state index is 0.684. The standard InChI is InChI=1S/C9H19N2/c1-3-6-11-7-5-10-8-9(11)4-2/h9-10H,2-8H2,1H3. The molecular formula is C9H19N2. The summed E-state index contributed by atoms with van der Waals surface area (Å²) in [5.41, 5.74) is 0. The van der Waals surface area contributed by atoms with Crippen molar-refractivity contribution in [1.82, 2.24) is 10.2 Å². The van der Waals surface area contributed by atoms with Crippen molar-refractivity contribution >= 4 is 0 Å². The van der Waals surface area contributed by atoms with Gasteiger partial charge in [0, 0.05) is 25.7 Å². The molecule has 1 heterocycles. The molecule has 0 aromatic rings. The zero-order valence-corrected chi connectivity index (χ0v) is 7.47. The third-order valence-electron chi connectivity index (χ3n) is 2.32. The summed E-state index contributed by atoms with van der Waals surface area (Å²) in [7, 11) is 0. The first-order chi connectivity index (χ1) is 5.38. The van der Waals surface area contributed by atoms with Crippen molar-refractivity contribution in [3.8, 4) is 0 Å². The second-order valence-electron chi connectivity index (χ2n) is 3.18. The lowest BCUT2D eigenvalue weighted by molar-refractivity contribution is 0.162. The molecule has 0 spiro atoms. The molecule has 0 aromatic heterocycles. The van der Waals surface area contributed by atoms with Crippen LogP contribution in [0.3, 0.4) is 0 Å². The highest BCUT2D eigenvalue weighted by atomic mass is 15.2. The van der Waals surface area contributed by atoms with Crippen LogP contribution in [0.1, 0.15) is 19.8 Å². The molecule has 0 bridgehead atoms. The molecule has 2 heteroatoms. The van der Waals surface area contributed by atoms with E-state index in [2.05, 4.69) is 24.1 Å². The van der Waals surface area contributed by atoms with Gasteiger partial charge in [-0.15, -0.1) is 0 Å². The van der Waals surface area contributed by atoms with Crippen LogP contribution in [0.2, 0.25) is 0 Å². The van der Waals surface area contributed by atoms with Gasteiger partial charge in [-0.1, -0.05) is 13.8 Å². The van der Waals surface area contributed by atoms with Gasteiger partial charge in [-0.25, -0.2) is 0 Å². The molecule has 0 aromatic carbocycles. The molecule has 0 aliphatic carbocycles. The monoisotopic (exact) mass is 155 g/mol. The van der Waals surface area contributed by atoms with Gasteiger partial charge in [-0.3, -0.25) is 4.90 Å². The molecule has 1 aliphatic rings. The number of piperazine rings is 1. The Bertz CT molecular complexity index is 102. The molecular weight excluding hydrogens is 136 g/mol. The highest BCUT2D eigenvalue weighted by molar-refractivity contribution is 4.79. The van der Waals surface area contributed by atoms with Gasteiger partial charge in [0.1, 0.15) is 0 Å². The summed E-state index contributed by atoms with van der Waals surface area (Å²) in [6.45, 7) is 10.9. The molecule has 1 N–H and O–H groups in total. The summed E-state index contributed by atoms with van der Waals surface area (Å²) in [6.07, 6.45) is 2.30. The van der Waals surface area contributed by atoms with Gasteiger partial charge in [0.15, 0.2) is 0 Å². The molecule has 65 valence electrons. The second kappa shape index (κ2) is 4.73. The molecule has 0 saturated carbocycles. The van der Waals surface area contributed by atoms with E-state index in [1.807, 2.05) is 0 Å². The third-order valence-corrected chi connectivity index (χ3v) is 2.32. The molecule has 1 fully saturated rings. The van der Waals surface area contributed by atoms with Crippen LogP contribution in [-0.4, -0.2) is 37.1 Å². The first kappa shape index (κ1) is 9.01. The summed E-state index contributed by atoms with van der Waals surface area (Å²) in [5, 5.41) is 3.39. The number of hydrogen-bond donors (Lipinski definition) is 1. The smallest absolute Gasteiger partial charge is 0.0221 e. The lowest BCUT2D eigenvalue weighted by atomic mass is 10.1. The van der Waals surface area contributed by atoms with Crippen molar-refractivity contribution in [3.63, 3.8) is 0 Å². The van der Waals surface area contributed by atoms with Crippen LogP contribution in [0.25, 0.3) is 0 Å². The number of rotatable bonds is 3. The summed E-state index contributed by atoms with van der Waals surface area (Å²) in [6, 6.07) is 0.684. The average molecular weight is 155 g/mol. The highest BCUT2D eigenvalue weighted by Crippen LogP contribution is 2.06. The number of hydrogen-bond acceptors (Lipinski definition) is 2. The first-order valence-corrected chi connectivity index (χ1v) is 4.62. The Morgan fingerprint density at radius 2 is 2.45 bits per heavy atom. The maximum absolute atomic E-state index is 3.96. The minimum absolute atomic E-state index is 0.684. The maximum atomic E-state index is 3.96.